The third-order valence-corrected chi connectivity index (χ3v) is 7.90. The van der Waals surface area contributed by atoms with E-state index in [4.69, 9.17) is 15.2 Å². The minimum Gasteiger partial charge on any atom is -0.493 e. The first-order valence-corrected chi connectivity index (χ1v) is 16.3. The smallest absolute Gasteiger partial charge is 0.387 e. The summed E-state index contributed by atoms with van der Waals surface area (Å²) in [6.45, 7) is 4.16. The molecule has 0 saturated heterocycles. The van der Waals surface area contributed by atoms with Crippen LogP contribution in [0.3, 0.4) is 0 Å². The topological polar surface area (TPSA) is 136 Å². The molecule has 13 heteroatoms. The molecule has 1 aliphatic rings. The fraction of sp³-hybridized carbons (Fsp3) is 0.297. The fourth-order valence-corrected chi connectivity index (χ4v) is 5.57. The number of aryl methyl sites for hydroxylation is 1. The van der Waals surface area contributed by atoms with Gasteiger partial charge in [0.05, 0.1) is 32.9 Å². The van der Waals surface area contributed by atoms with Crippen LogP contribution in [0.5, 0.6) is 11.5 Å². The summed E-state index contributed by atoms with van der Waals surface area (Å²) in [6, 6.07) is 23.1. The molecule has 3 heterocycles. The molecule has 2 aromatic heterocycles. The number of nitrogens with one attached hydrogen (secondary N) is 1. The molecule has 6 rings (SSSR count). The second-order valence-corrected chi connectivity index (χ2v) is 11.4. The molecule has 0 aliphatic carbocycles. The summed E-state index contributed by atoms with van der Waals surface area (Å²) in [5.74, 6) is 1.05. The zero-order valence-corrected chi connectivity index (χ0v) is 28.2. The number of nitrogens with zero attached hydrogens (tertiary/aromatic N) is 4. The Hall–Kier alpha value is -5.56. The highest BCUT2D eigenvalue weighted by Gasteiger charge is 2.18. The van der Waals surface area contributed by atoms with Crippen LogP contribution in [0.2, 0.25) is 0 Å². The molecular formula is C37H40F2N6O5. The van der Waals surface area contributed by atoms with Gasteiger partial charge in [0.15, 0.2) is 0 Å². The van der Waals surface area contributed by atoms with Crippen LogP contribution in [0, 0.1) is 6.92 Å². The summed E-state index contributed by atoms with van der Waals surface area (Å²) >= 11 is 0. The lowest BCUT2D eigenvalue weighted by Gasteiger charge is -2.18. The Balaban J connectivity index is 0.00000239. The first-order chi connectivity index (χ1) is 24.2. The molecule has 0 radical (unpaired) electrons. The number of rotatable bonds is 13. The van der Waals surface area contributed by atoms with Crippen molar-refractivity contribution in [1.82, 2.24) is 19.1 Å². The maximum absolute atomic E-state index is 14.0. The van der Waals surface area contributed by atoms with Crippen molar-refractivity contribution in [1.29, 1.82) is 0 Å². The summed E-state index contributed by atoms with van der Waals surface area (Å²) in [5, 5.41) is 3.13. The van der Waals surface area contributed by atoms with Gasteiger partial charge in [-0.3, -0.25) is 4.57 Å². The Bertz CT molecular complexity index is 2020. The summed E-state index contributed by atoms with van der Waals surface area (Å²) in [6.07, 6.45) is 0.741. The molecule has 11 nitrogen and oxygen atoms in total. The number of nitrogen functional groups attached to an aromatic ring is 1. The highest BCUT2D eigenvalue weighted by atomic mass is 19.3. The molecule has 0 bridgehead atoms. The van der Waals surface area contributed by atoms with Crippen molar-refractivity contribution < 1.29 is 23.0 Å². The zero-order chi connectivity index (χ0) is 35.6. The van der Waals surface area contributed by atoms with Crippen LogP contribution in [0.4, 0.5) is 20.5 Å². The van der Waals surface area contributed by atoms with Crippen molar-refractivity contribution in [2.24, 2.45) is 0 Å². The second kappa shape index (κ2) is 16.7. The van der Waals surface area contributed by atoms with E-state index in [9.17, 15) is 18.4 Å². The van der Waals surface area contributed by atoms with E-state index >= 15 is 0 Å². The number of anilines is 2. The van der Waals surface area contributed by atoms with Crippen LogP contribution in [-0.4, -0.2) is 32.3 Å². The lowest BCUT2D eigenvalue weighted by atomic mass is 10.1. The average Bonchev–Trinajstić information content (AvgIpc) is 3.58. The lowest BCUT2D eigenvalue weighted by Crippen LogP contribution is -2.43. The maximum atomic E-state index is 14.0. The molecule has 262 valence electrons. The molecule has 50 heavy (non-hydrogen) atoms. The van der Waals surface area contributed by atoms with E-state index in [-0.39, 0.29) is 43.8 Å². The third kappa shape index (κ3) is 8.91. The normalized spacial score (nSPS) is 11.8. The molecule has 0 fully saturated rings. The summed E-state index contributed by atoms with van der Waals surface area (Å²) in [5.41, 5.74) is 10.5. The molecule has 0 saturated carbocycles. The first-order valence-electron chi connectivity index (χ1n) is 16.3. The van der Waals surface area contributed by atoms with E-state index in [2.05, 4.69) is 20.0 Å². The maximum Gasteiger partial charge on any atom is 0.387 e. The number of hydrogen-bond acceptors (Lipinski definition) is 9. The van der Waals surface area contributed by atoms with E-state index in [1.54, 1.807) is 12.1 Å². The van der Waals surface area contributed by atoms with Gasteiger partial charge < -0.3 is 25.3 Å². The third-order valence-electron chi connectivity index (χ3n) is 7.90. The number of fused-ring (bicyclic) bond motifs is 1. The van der Waals surface area contributed by atoms with Crippen molar-refractivity contribution in [2.45, 2.75) is 66.7 Å². The molecule has 0 atom stereocenters. The number of nitrogens with two attached hydrogens (primary N) is 1. The van der Waals surface area contributed by atoms with Crippen LogP contribution < -0.4 is 31.9 Å². The van der Waals surface area contributed by atoms with Crippen LogP contribution in [0.1, 0.15) is 52.9 Å². The van der Waals surface area contributed by atoms with Gasteiger partial charge in [-0.1, -0.05) is 68.4 Å². The second-order valence-electron chi connectivity index (χ2n) is 11.4. The zero-order valence-electron chi connectivity index (χ0n) is 28.2. The Morgan fingerprint density at radius 2 is 1.62 bits per heavy atom. The van der Waals surface area contributed by atoms with Crippen molar-refractivity contribution in [2.75, 3.05) is 17.7 Å². The number of alkyl halides is 2. The minimum absolute atomic E-state index is 0.00285. The molecule has 0 unspecified atom stereocenters. The van der Waals surface area contributed by atoms with Gasteiger partial charge in [0.2, 0.25) is 5.95 Å². The number of hydrogen-bond donors (Lipinski definition) is 2. The summed E-state index contributed by atoms with van der Waals surface area (Å²) < 4.78 is 43.8. The Labute approximate surface area is 288 Å². The van der Waals surface area contributed by atoms with Gasteiger partial charge in [-0.25, -0.2) is 19.1 Å². The summed E-state index contributed by atoms with van der Waals surface area (Å²) in [4.78, 5) is 36.0. The number of halogens is 2. The molecule has 3 N–H and O–H groups in total. The monoisotopic (exact) mass is 686 g/mol. The quantitative estimate of drug-likeness (QED) is 0.160. The molecule has 0 amide bonds. The molecule has 3 aromatic carbocycles. The van der Waals surface area contributed by atoms with Gasteiger partial charge >= 0.3 is 18.0 Å². The van der Waals surface area contributed by atoms with E-state index in [0.29, 0.717) is 30.0 Å². The molecule has 0 spiro atoms. The predicted octanol–water partition coefficient (Wildman–Crippen LogP) is 5.68. The van der Waals surface area contributed by atoms with Gasteiger partial charge in [-0.05, 0) is 59.0 Å². The van der Waals surface area contributed by atoms with Gasteiger partial charge in [-0.2, -0.15) is 13.8 Å². The lowest BCUT2D eigenvalue weighted by molar-refractivity contribution is -0.0498. The average molecular weight is 687 g/mol. The highest BCUT2D eigenvalue weighted by Crippen LogP contribution is 2.26. The van der Waals surface area contributed by atoms with Gasteiger partial charge in [0.25, 0.3) is 0 Å². The van der Waals surface area contributed by atoms with E-state index in [1.807, 2.05) is 75.4 Å². The van der Waals surface area contributed by atoms with Crippen molar-refractivity contribution in [3.05, 3.63) is 139 Å². The Morgan fingerprint density at radius 3 is 2.36 bits per heavy atom. The summed E-state index contributed by atoms with van der Waals surface area (Å²) in [7, 11) is 0. The minimum atomic E-state index is -2.97. The van der Waals surface area contributed by atoms with Crippen LogP contribution in [0.25, 0.3) is 0 Å². The molecule has 1 aliphatic heterocycles. The largest absolute Gasteiger partial charge is 0.493 e. The van der Waals surface area contributed by atoms with Crippen molar-refractivity contribution in [3.63, 3.8) is 0 Å². The standard InChI is InChI=1S/C35H34F2N6O5.C2H6/c1-22-15-27(21-46-20-24-5-3-2-4-6-24)29(31(38)40-22)17-39-33-41-34(44)43(19-25-9-12-30-26(16-25)13-14-47-30)35(45)42(33)18-23-7-10-28(11-8-23)48-32(36)37;1-2/h2-12,15-16,32H,13-14,17-21H2,1H3,(H2,38,40)(H,39,41,44);1-2H3. The Kier molecular flexibility index (Phi) is 11.9. The number of ether oxygens (including phenoxy) is 3. The SMILES string of the molecule is CC.Cc1cc(COCc2ccccc2)c(CNc2nc(=O)n(Cc3ccc4c(c3)CCO4)c(=O)n2Cc2ccc(OC(F)F)cc2)c(N)n1. The highest BCUT2D eigenvalue weighted by molar-refractivity contribution is 5.48. The molecular weight excluding hydrogens is 646 g/mol. The number of benzene rings is 3. The van der Waals surface area contributed by atoms with Crippen LogP contribution >= 0.6 is 0 Å². The number of pyridine rings is 1. The molecule has 5 aromatic rings. The van der Waals surface area contributed by atoms with Crippen molar-refractivity contribution >= 4 is 11.8 Å². The van der Waals surface area contributed by atoms with E-state index < -0.39 is 18.0 Å². The van der Waals surface area contributed by atoms with Gasteiger partial charge in [0.1, 0.15) is 17.3 Å². The van der Waals surface area contributed by atoms with Gasteiger partial charge in [-0.15, -0.1) is 0 Å². The Morgan fingerprint density at radius 1 is 0.900 bits per heavy atom. The number of aromatic nitrogens is 4. The van der Waals surface area contributed by atoms with E-state index in [1.165, 1.54) is 16.7 Å². The first kappa shape index (κ1) is 35.7. The predicted molar refractivity (Wildman–Crippen MR) is 187 cm³/mol. The van der Waals surface area contributed by atoms with Gasteiger partial charge in [0, 0.05) is 24.2 Å². The van der Waals surface area contributed by atoms with E-state index in [0.717, 1.165) is 39.0 Å². The van der Waals surface area contributed by atoms with Crippen LogP contribution in [0.15, 0.2) is 88.5 Å². The van der Waals surface area contributed by atoms with Crippen molar-refractivity contribution in [3.8, 4) is 11.5 Å². The fourth-order valence-electron chi connectivity index (χ4n) is 5.57. The van der Waals surface area contributed by atoms with Crippen LogP contribution in [-0.2, 0) is 44.0 Å².